The molecule has 2 fully saturated rings. The quantitative estimate of drug-likeness (QED) is 0.0748. The minimum absolute atomic E-state index is 0.0190. The number of rotatable bonds is 15. The van der Waals surface area contributed by atoms with E-state index in [1.54, 1.807) is 57.4 Å². The van der Waals surface area contributed by atoms with Gasteiger partial charge in [0.1, 0.15) is 6.04 Å². The zero-order valence-electron chi connectivity index (χ0n) is 32.5. The summed E-state index contributed by atoms with van der Waals surface area (Å²) in [5.41, 5.74) is 2.20. The number of fused-ring (bicyclic) bond motifs is 1. The van der Waals surface area contributed by atoms with Crippen molar-refractivity contribution < 1.29 is 33.4 Å². The molecule has 58 heavy (non-hydrogen) atoms. The Labute approximate surface area is 342 Å². The first-order valence-electron chi connectivity index (χ1n) is 19.3. The molecule has 2 aliphatic rings. The summed E-state index contributed by atoms with van der Waals surface area (Å²) < 4.78 is 12.3. The van der Waals surface area contributed by atoms with Gasteiger partial charge in [0.2, 0.25) is 5.91 Å². The fraction of sp³-hybridized carbons (Fsp3) is 0.304. The van der Waals surface area contributed by atoms with Gasteiger partial charge < -0.3 is 19.7 Å². The fourth-order valence-corrected chi connectivity index (χ4v) is 7.60. The van der Waals surface area contributed by atoms with Crippen molar-refractivity contribution in [3.63, 3.8) is 0 Å². The lowest BCUT2D eigenvalue weighted by Gasteiger charge is -2.52. The Balaban J connectivity index is 1.22. The molecule has 5 atom stereocenters. The summed E-state index contributed by atoms with van der Waals surface area (Å²) in [5, 5.41) is 5.30. The van der Waals surface area contributed by atoms with Crippen molar-refractivity contribution in [1.29, 1.82) is 0 Å². The number of carbonyl (C=O) groups excluding carboxylic acids is 5. The highest BCUT2D eigenvalue weighted by Crippen LogP contribution is 2.38. The molecule has 1 aromatic heterocycles. The Morgan fingerprint density at radius 2 is 1.33 bits per heavy atom. The molecule has 4 amide bonds. The number of aromatic nitrogens is 1. The molecule has 0 aliphatic carbocycles. The van der Waals surface area contributed by atoms with E-state index >= 15 is 0 Å². The monoisotopic (exact) mass is 800 g/mol. The number of ether oxygens (including phenoxy) is 2. The molecule has 0 saturated carbocycles. The predicted molar refractivity (Wildman–Crippen MR) is 218 cm³/mol. The van der Waals surface area contributed by atoms with Gasteiger partial charge in [-0.05, 0) is 58.7 Å². The van der Waals surface area contributed by atoms with Crippen molar-refractivity contribution in [1.82, 2.24) is 20.1 Å². The van der Waals surface area contributed by atoms with E-state index in [1.165, 1.54) is 4.90 Å². The smallest absolute Gasteiger partial charge is 0.262 e. The molecule has 298 valence electrons. The summed E-state index contributed by atoms with van der Waals surface area (Å²) in [6.07, 6.45) is 1.42. The fourth-order valence-electron chi connectivity index (χ4n) is 7.48. The van der Waals surface area contributed by atoms with E-state index in [0.29, 0.717) is 11.4 Å². The molecular weight excluding hydrogens is 756 g/mol. The SMILES string of the molecule is CC(C)(C)C(=O)C(C(=O)NCc1ccc(Cl)cc1)N1C(=O)C(N2C(=O)C(OCc3ccccc3)[C@H](OCc3ccccc3)C2=O)C1CCc1ccc2cnccc2c1. The Kier molecular flexibility index (Phi) is 12.1. The molecule has 1 N–H and O–H groups in total. The minimum atomic E-state index is -1.54. The number of hydrogen-bond donors (Lipinski definition) is 1. The highest BCUT2D eigenvalue weighted by atomic mass is 35.5. The molecule has 11 nitrogen and oxygen atoms in total. The standard InChI is InChI=1S/C46H45ClN4O7/c1-46(2,3)41(52)38(42(53)49-25-30-15-19-35(47)20-16-30)50-36(21-17-29-14-18-34-26-48-23-22-33(34)24-29)37(43(50)54)51-44(55)39(57-27-31-10-6-4-7-11-31)40(45(51)56)58-28-32-12-8-5-9-13-32/h4-16,18-20,22-24,26,36-40H,17,21,25,27-28H2,1-3H3,(H,49,53)/t36?,37?,38?,39-,40?/m0/s1. The van der Waals surface area contributed by atoms with Crippen LogP contribution in [0.15, 0.2) is 122 Å². The number of likely N-dealkylation sites (tertiary alicyclic amines) is 2. The van der Waals surface area contributed by atoms with Crippen molar-refractivity contribution in [2.24, 2.45) is 5.41 Å². The van der Waals surface area contributed by atoms with Crippen LogP contribution in [0.3, 0.4) is 0 Å². The first-order chi connectivity index (χ1) is 27.9. The van der Waals surface area contributed by atoms with E-state index in [-0.39, 0.29) is 26.2 Å². The third-order valence-corrected chi connectivity index (χ3v) is 10.9. The summed E-state index contributed by atoms with van der Waals surface area (Å²) >= 11 is 6.07. The van der Waals surface area contributed by atoms with Gasteiger partial charge >= 0.3 is 0 Å². The second-order valence-electron chi connectivity index (χ2n) is 15.7. The van der Waals surface area contributed by atoms with E-state index in [0.717, 1.165) is 37.9 Å². The first kappa shape index (κ1) is 40.4. The number of nitrogens with one attached hydrogen (secondary N) is 1. The largest absolute Gasteiger partial charge is 0.360 e. The lowest BCUT2D eigenvalue weighted by Crippen LogP contribution is -2.77. The highest BCUT2D eigenvalue weighted by Gasteiger charge is 2.63. The molecule has 12 heteroatoms. The van der Waals surface area contributed by atoms with Crippen LogP contribution >= 0.6 is 11.6 Å². The molecule has 5 aromatic rings. The summed E-state index contributed by atoms with van der Waals surface area (Å²) in [4.78, 5) is 78.4. The number of nitrogens with zero attached hydrogens (tertiary/aromatic N) is 3. The normalized spacial score (nSPS) is 20.0. The Hall–Kier alpha value is -5.75. The average molecular weight is 801 g/mol. The van der Waals surface area contributed by atoms with Crippen molar-refractivity contribution in [2.45, 2.75) is 83.7 Å². The van der Waals surface area contributed by atoms with Crippen LogP contribution in [0.2, 0.25) is 5.02 Å². The van der Waals surface area contributed by atoms with Gasteiger partial charge in [-0.3, -0.25) is 33.9 Å². The number of β-lactam (4-membered cyclic amide) rings is 1. The third-order valence-electron chi connectivity index (χ3n) is 10.6. The van der Waals surface area contributed by atoms with Gasteiger partial charge in [-0.25, -0.2) is 0 Å². The predicted octanol–water partition coefficient (Wildman–Crippen LogP) is 6.24. The lowest BCUT2D eigenvalue weighted by molar-refractivity contribution is -0.177. The molecule has 0 spiro atoms. The van der Waals surface area contributed by atoms with Gasteiger partial charge in [0.15, 0.2) is 24.0 Å². The Bertz CT molecular complexity index is 2240. The highest BCUT2D eigenvalue weighted by molar-refractivity contribution is 6.30. The summed E-state index contributed by atoms with van der Waals surface area (Å²) in [6.45, 7) is 5.18. The number of aryl methyl sites for hydroxylation is 1. The van der Waals surface area contributed by atoms with Crippen LogP contribution in [0.5, 0.6) is 0 Å². The van der Waals surface area contributed by atoms with Crippen molar-refractivity contribution in [3.8, 4) is 0 Å². The van der Waals surface area contributed by atoms with Crippen LogP contribution in [-0.2, 0) is 59.6 Å². The van der Waals surface area contributed by atoms with E-state index in [4.69, 9.17) is 21.1 Å². The van der Waals surface area contributed by atoms with Crippen molar-refractivity contribution in [3.05, 3.63) is 149 Å². The summed E-state index contributed by atoms with van der Waals surface area (Å²) in [5.74, 6) is -3.27. The zero-order valence-corrected chi connectivity index (χ0v) is 33.3. The topological polar surface area (TPSA) is 135 Å². The van der Waals surface area contributed by atoms with Gasteiger partial charge in [0, 0.05) is 34.8 Å². The van der Waals surface area contributed by atoms with Gasteiger partial charge in [-0.15, -0.1) is 0 Å². The average Bonchev–Trinajstić information content (AvgIpc) is 3.45. The first-order valence-corrected chi connectivity index (χ1v) is 19.7. The summed E-state index contributed by atoms with van der Waals surface area (Å²) in [7, 11) is 0. The number of carbonyl (C=O) groups is 5. The maximum atomic E-state index is 14.6. The number of hydrogen-bond acceptors (Lipinski definition) is 8. The number of amides is 4. The van der Waals surface area contributed by atoms with Crippen LogP contribution in [0.4, 0.5) is 0 Å². The number of pyridine rings is 1. The van der Waals surface area contributed by atoms with E-state index in [1.807, 2.05) is 84.9 Å². The number of ketones is 1. The maximum absolute atomic E-state index is 14.6. The van der Waals surface area contributed by atoms with Gasteiger partial charge in [-0.1, -0.05) is 123 Å². The molecular formula is C46H45ClN4O7. The summed E-state index contributed by atoms with van der Waals surface area (Å²) in [6, 6.07) is 29.5. The molecule has 4 unspecified atom stereocenters. The van der Waals surface area contributed by atoms with Gasteiger partial charge in [-0.2, -0.15) is 0 Å². The Morgan fingerprint density at radius 1 is 0.741 bits per heavy atom. The van der Waals surface area contributed by atoms with Gasteiger partial charge in [0.25, 0.3) is 17.7 Å². The lowest BCUT2D eigenvalue weighted by atomic mass is 9.80. The number of halogens is 1. The molecule has 7 rings (SSSR count). The number of benzene rings is 4. The van der Waals surface area contributed by atoms with E-state index in [9.17, 15) is 24.0 Å². The molecule has 0 radical (unpaired) electrons. The number of Topliss-reactive ketones (excluding diaryl/α,β-unsaturated/α-hetero) is 1. The minimum Gasteiger partial charge on any atom is -0.360 e. The van der Waals surface area contributed by atoms with Crippen LogP contribution in [0.25, 0.3) is 10.8 Å². The van der Waals surface area contributed by atoms with Crippen molar-refractivity contribution in [2.75, 3.05) is 0 Å². The molecule has 0 bridgehead atoms. The zero-order chi connectivity index (χ0) is 41.0. The van der Waals surface area contributed by atoms with Crippen LogP contribution in [0, 0.1) is 5.41 Å². The second-order valence-corrected chi connectivity index (χ2v) is 16.1. The Morgan fingerprint density at radius 3 is 1.91 bits per heavy atom. The number of imide groups is 1. The van der Waals surface area contributed by atoms with Crippen LogP contribution in [-0.4, -0.2) is 74.5 Å². The van der Waals surface area contributed by atoms with Crippen molar-refractivity contribution >= 4 is 51.8 Å². The molecule has 2 aliphatic heterocycles. The van der Waals surface area contributed by atoms with Gasteiger partial charge in [0.05, 0.1) is 19.3 Å². The second kappa shape index (κ2) is 17.4. The van der Waals surface area contributed by atoms with Crippen LogP contribution < -0.4 is 5.32 Å². The molecule has 3 heterocycles. The van der Waals surface area contributed by atoms with E-state index < -0.39 is 65.2 Å². The van der Waals surface area contributed by atoms with Crippen LogP contribution in [0.1, 0.15) is 49.4 Å². The molecule has 4 aromatic carbocycles. The maximum Gasteiger partial charge on any atom is 0.262 e. The van der Waals surface area contributed by atoms with E-state index in [2.05, 4.69) is 10.3 Å². The molecule has 2 saturated heterocycles. The third kappa shape index (κ3) is 8.72.